The molecule has 6 heteroatoms. The Morgan fingerprint density at radius 2 is 1.90 bits per heavy atom. The highest BCUT2D eigenvalue weighted by molar-refractivity contribution is 5.99. The van der Waals surface area contributed by atoms with Crippen molar-refractivity contribution >= 4 is 17.5 Å². The first-order valence-corrected chi connectivity index (χ1v) is 10.1. The van der Waals surface area contributed by atoms with Gasteiger partial charge in [0.05, 0.1) is 20.3 Å². The van der Waals surface area contributed by atoms with Gasteiger partial charge in [-0.05, 0) is 55.7 Å². The summed E-state index contributed by atoms with van der Waals surface area (Å²) in [5.41, 5.74) is 2.37. The molecule has 0 N–H and O–H groups in total. The van der Waals surface area contributed by atoms with Crippen LogP contribution in [-0.2, 0) is 4.79 Å². The summed E-state index contributed by atoms with van der Waals surface area (Å²) in [5, 5.41) is 0. The summed E-state index contributed by atoms with van der Waals surface area (Å²) in [6.07, 6.45) is 3.24. The fourth-order valence-corrected chi connectivity index (χ4v) is 4.33. The Balaban J connectivity index is 1.63. The van der Waals surface area contributed by atoms with Crippen LogP contribution in [0.5, 0.6) is 11.5 Å². The van der Waals surface area contributed by atoms with Crippen LogP contribution >= 0.6 is 0 Å². The van der Waals surface area contributed by atoms with Crippen LogP contribution in [0.15, 0.2) is 42.5 Å². The number of methoxy groups -OCH3 is 2. The lowest BCUT2D eigenvalue weighted by Crippen LogP contribution is -2.31. The van der Waals surface area contributed by atoms with Crippen LogP contribution < -0.4 is 14.4 Å². The van der Waals surface area contributed by atoms with Gasteiger partial charge in [-0.3, -0.25) is 9.59 Å². The Kier molecular flexibility index (Phi) is 5.43. The Bertz CT molecular complexity index is 927. The van der Waals surface area contributed by atoms with E-state index in [1.807, 2.05) is 47.4 Å². The summed E-state index contributed by atoms with van der Waals surface area (Å²) in [7, 11) is 3.28. The normalized spacial score (nSPS) is 19.0. The third-order valence-electron chi connectivity index (χ3n) is 5.79. The summed E-state index contributed by atoms with van der Waals surface area (Å²) >= 11 is 0. The number of amides is 2. The van der Waals surface area contributed by atoms with Crippen LogP contribution in [-0.4, -0.2) is 44.0 Å². The molecule has 152 valence electrons. The van der Waals surface area contributed by atoms with Crippen molar-refractivity contribution in [2.45, 2.75) is 31.7 Å². The monoisotopic (exact) mass is 394 g/mol. The van der Waals surface area contributed by atoms with Gasteiger partial charge < -0.3 is 19.3 Å². The number of hydrogen-bond acceptors (Lipinski definition) is 4. The number of hydrogen-bond donors (Lipinski definition) is 0. The molecular formula is C23H26N2O4. The zero-order valence-electron chi connectivity index (χ0n) is 16.9. The molecule has 1 atom stereocenters. The molecule has 0 bridgehead atoms. The van der Waals surface area contributed by atoms with Crippen LogP contribution in [0.2, 0.25) is 0 Å². The molecule has 4 rings (SSSR count). The second kappa shape index (κ2) is 8.15. The molecule has 2 saturated heterocycles. The molecule has 0 aromatic heterocycles. The first-order valence-electron chi connectivity index (χ1n) is 10.1. The molecule has 2 amide bonds. The van der Waals surface area contributed by atoms with Gasteiger partial charge in [-0.1, -0.05) is 6.07 Å². The van der Waals surface area contributed by atoms with Crippen LogP contribution in [0.4, 0.5) is 5.69 Å². The predicted octanol–water partition coefficient (Wildman–Crippen LogP) is 3.81. The Hall–Kier alpha value is -3.02. The van der Waals surface area contributed by atoms with E-state index in [0.29, 0.717) is 25.1 Å². The highest BCUT2D eigenvalue weighted by Crippen LogP contribution is 2.39. The predicted molar refractivity (Wildman–Crippen MR) is 111 cm³/mol. The molecule has 0 radical (unpaired) electrons. The average Bonchev–Trinajstić information content (AvgIpc) is 3.42. The van der Waals surface area contributed by atoms with Crippen molar-refractivity contribution in [3.05, 3.63) is 53.6 Å². The summed E-state index contributed by atoms with van der Waals surface area (Å²) in [6, 6.07) is 13.0. The second-order valence-corrected chi connectivity index (χ2v) is 7.46. The number of rotatable bonds is 5. The summed E-state index contributed by atoms with van der Waals surface area (Å²) in [5.74, 6) is 1.60. The van der Waals surface area contributed by atoms with E-state index in [0.717, 1.165) is 42.0 Å². The Labute approximate surface area is 171 Å². The summed E-state index contributed by atoms with van der Waals surface area (Å²) in [4.78, 5) is 29.1. The van der Waals surface area contributed by atoms with Crippen LogP contribution in [0.25, 0.3) is 0 Å². The van der Waals surface area contributed by atoms with E-state index in [4.69, 9.17) is 9.47 Å². The van der Waals surface area contributed by atoms with Crippen molar-refractivity contribution < 1.29 is 19.1 Å². The molecule has 0 saturated carbocycles. The van der Waals surface area contributed by atoms with Crippen molar-refractivity contribution in [1.82, 2.24) is 4.90 Å². The van der Waals surface area contributed by atoms with E-state index in [1.54, 1.807) is 19.1 Å². The minimum atomic E-state index is -0.0652. The van der Waals surface area contributed by atoms with E-state index in [1.165, 1.54) is 0 Å². The number of nitrogens with zero attached hydrogens (tertiary/aromatic N) is 2. The van der Waals surface area contributed by atoms with E-state index < -0.39 is 0 Å². The third-order valence-corrected chi connectivity index (χ3v) is 5.79. The molecule has 2 aliphatic heterocycles. The zero-order chi connectivity index (χ0) is 20.4. The SMILES string of the molecule is COc1ccc(OC)c([C@@H]2CCCN2C(=O)c2cccc(N3CCCC3=O)c2)c1. The van der Waals surface area contributed by atoms with E-state index in [2.05, 4.69) is 0 Å². The Morgan fingerprint density at radius 3 is 2.62 bits per heavy atom. The molecular weight excluding hydrogens is 368 g/mol. The quantitative estimate of drug-likeness (QED) is 0.774. The molecule has 2 aromatic carbocycles. The summed E-state index contributed by atoms with van der Waals surface area (Å²) in [6.45, 7) is 1.40. The van der Waals surface area contributed by atoms with Gasteiger partial charge in [0.2, 0.25) is 5.91 Å². The molecule has 2 aromatic rings. The van der Waals surface area contributed by atoms with Crippen LogP contribution in [0.3, 0.4) is 0 Å². The lowest BCUT2D eigenvalue weighted by atomic mass is 10.0. The van der Waals surface area contributed by atoms with Gasteiger partial charge in [0.1, 0.15) is 11.5 Å². The van der Waals surface area contributed by atoms with Crippen LogP contribution in [0, 0.1) is 0 Å². The lowest BCUT2D eigenvalue weighted by Gasteiger charge is -2.27. The van der Waals surface area contributed by atoms with E-state index >= 15 is 0 Å². The average molecular weight is 394 g/mol. The van der Waals surface area contributed by atoms with Gasteiger partial charge in [-0.2, -0.15) is 0 Å². The maximum absolute atomic E-state index is 13.4. The minimum Gasteiger partial charge on any atom is -0.497 e. The molecule has 0 aliphatic carbocycles. The molecule has 2 fully saturated rings. The van der Waals surface area contributed by atoms with Gasteiger partial charge in [0.25, 0.3) is 5.91 Å². The highest BCUT2D eigenvalue weighted by atomic mass is 16.5. The number of carbonyl (C=O) groups excluding carboxylic acids is 2. The first-order chi connectivity index (χ1) is 14.1. The van der Waals surface area contributed by atoms with Gasteiger partial charge in [-0.25, -0.2) is 0 Å². The zero-order valence-corrected chi connectivity index (χ0v) is 16.9. The van der Waals surface area contributed by atoms with E-state index in [-0.39, 0.29) is 17.9 Å². The molecule has 29 heavy (non-hydrogen) atoms. The standard InChI is InChI=1S/C23H26N2O4/c1-28-18-10-11-21(29-2)19(15-18)20-8-4-13-25(20)23(27)16-6-3-7-17(14-16)24-12-5-9-22(24)26/h3,6-7,10-11,14-15,20H,4-5,8-9,12-13H2,1-2H3/t20-/m0/s1. The minimum absolute atomic E-state index is 0.0223. The lowest BCUT2D eigenvalue weighted by molar-refractivity contribution is -0.117. The van der Waals surface area contributed by atoms with Crippen molar-refractivity contribution in [3.8, 4) is 11.5 Å². The highest BCUT2D eigenvalue weighted by Gasteiger charge is 2.33. The molecule has 0 spiro atoms. The topological polar surface area (TPSA) is 59.1 Å². The first kappa shape index (κ1) is 19.3. The third kappa shape index (κ3) is 3.67. The van der Waals surface area contributed by atoms with Crippen molar-refractivity contribution in [1.29, 1.82) is 0 Å². The number of anilines is 1. The van der Waals surface area contributed by atoms with Crippen molar-refractivity contribution in [2.75, 3.05) is 32.2 Å². The fourth-order valence-electron chi connectivity index (χ4n) is 4.33. The summed E-state index contributed by atoms with van der Waals surface area (Å²) < 4.78 is 10.9. The number of likely N-dealkylation sites (tertiary alicyclic amines) is 1. The second-order valence-electron chi connectivity index (χ2n) is 7.46. The van der Waals surface area contributed by atoms with Crippen molar-refractivity contribution in [2.24, 2.45) is 0 Å². The van der Waals surface area contributed by atoms with Gasteiger partial charge in [-0.15, -0.1) is 0 Å². The smallest absolute Gasteiger partial charge is 0.254 e. The fraction of sp³-hybridized carbons (Fsp3) is 0.391. The molecule has 0 unspecified atom stereocenters. The van der Waals surface area contributed by atoms with Gasteiger partial charge in [0, 0.05) is 36.3 Å². The number of benzene rings is 2. The van der Waals surface area contributed by atoms with Crippen molar-refractivity contribution in [3.63, 3.8) is 0 Å². The molecule has 6 nitrogen and oxygen atoms in total. The molecule has 2 heterocycles. The van der Waals surface area contributed by atoms with E-state index in [9.17, 15) is 9.59 Å². The van der Waals surface area contributed by atoms with Crippen LogP contribution in [0.1, 0.15) is 47.6 Å². The Morgan fingerprint density at radius 1 is 1.03 bits per heavy atom. The maximum atomic E-state index is 13.4. The number of carbonyl (C=O) groups is 2. The molecule has 2 aliphatic rings. The maximum Gasteiger partial charge on any atom is 0.254 e. The number of ether oxygens (including phenoxy) is 2. The van der Waals surface area contributed by atoms with Gasteiger partial charge >= 0.3 is 0 Å². The van der Waals surface area contributed by atoms with Gasteiger partial charge in [0.15, 0.2) is 0 Å². The largest absolute Gasteiger partial charge is 0.497 e.